The highest BCUT2D eigenvalue weighted by atomic mass is 16.3. The van der Waals surface area contributed by atoms with Gasteiger partial charge in [-0.25, -0.2) is 0 Å². The first-order chi connectivity index (χ1) is 13.1. The van der Waals surface area contributed by atoms with Gasteiger partial charge >= 0.3 is 0 Å². The number of benzene rings is 2. The Bertz CT molecular complexity index is 865. The summed E-state index contributed by atoms with van der Waals surface area (Å²) in [6.07, 6.45) is 3.36. The molecule has 28 heavy (non-hydrogen) atoms. The SMILES string of the molecule is CC1=CC(C)C(C)C(C(c2cc(C)cc(C)c2O)c2cc(C)cc(C)c2O)C1. The van der Waals surface area contributed by atoms with E-state index in [1.54, 1.807) is 0 Å². The molecule has 0 amide bonds. The molecule has 150 valence electrons. The van der Waals surface area contributed by atoms with Crippen LogP contribution in [0.2, 0.25) is 0 Å². The van der Waals surface area contributed by atoms with E-state index < -0.39 is 0 Å². The minimum atomic E-state index is -0.0432. The van der Waals surface area contributed by atoms with Crippen LogP contribution in [0.3, 0.4) is 0 Å². The zero-order valence-electron chi connectivity index (χ0n) is 18.3. The predicted molar refractivity (Wildman–Crippen MR) is 117 cm³/mol. The van der Waals surface area contributed by atoms with Crippen LogP contribution in [-0.2, 0) is 0 Å². The van der Waals surface area contributed by atoms with Crippen molar-refractivity contribution in [3.05, 3.63) is 69.3 Å². The summed E-state index contributed by atoms with van der Waals surface area (Å²) in [6, 6.07) is 8.26. The summed E-state index contributed by atoms with van der Waals surface area (Å²) in [4.78, 5) is 0. The van der Waals surface area contributed by atoms with Gasteiger partial charge in [0.1, 0.15) is 11.5 Å². The maximum atomic E-state index is 11.0. The maximum Gasteiger partial charge on any atom is 0.122 e. The molecule has 0 aliphatic heterocycles. The fraction of sp³-hybridized carbons (Fsp3) is 0.462. The van der Waals surface area contributed by atoms with E-state index in [4.69, 9.17) is 0 Å². The molecule has 3 unspecified atom stereocenters. The quantitative estimate of drug-likeness (QED) is 0.583. The van der Waals surface area contributed by atoms with E-state index in [0.29, 0.717) is 29.3 Å². The van der Waals surface area contributed by atoms with Crippen molar-refractivity contribution in [2.24, 2.45) is 17.8 Å². The second-order valence-corrected chi connectivity index (χ2v) is 9.12. The van der Waals surface area contributed by atoms with Crippen LogP contribution < -0.4 is 0 Å². The molecule has 0 heterocycles. The number of aromatic hydroxyl groups is 2. The van der Waals surface area contributed by atoms with Crippen molar-refractivity contribution in [3.63, 3.8) is 0 Å². The Balaban J connectivity index is 2.29. The molecule has 1 aliphatic rings. The lowest BCUT2D eigenvalue weighted by Crippen LogP contribution is -2.29. The minimum Gasteiger partial charge on any atom is -0.507 e. The Morgan fingerprint density at radius 3 is 1.71 bits per heavy atom. The number of hydrogen-bond donors (Lipinski definition) is 2. The molecule has 2 aromatic carbocycles. The van der Waals surface area contributed by atoms with Crippen molar-refractivity contribution < 1.29 is 10.2 Å². The molecule has 0 aromatic heterocycles. The molecule has 0 fully saturated rings. The van der Waals surface area contributed by atoms with Crippen molar-refractivity contribution in [1.29, 1.82) is 0 Å². The number of phenolic OH excluding ortho intramolecular Hbond substituents is 2. The van der Waals surface area contributed by atoms with E-state index in [2.05, 4.69) is 52.8 Å². The molecule has 0 spiro atoms. The van der Waals surface area contributed by atoms with Gasteiger partial charge in [-0.2, -0.15) is 0 Å². The standard InChI is InChI=1S/C26H34O2/c1-14-8-17(4)20(7)21(11-14)24(22-12-15(2)9-18(5)25(22)27)23-13-16(3)10-19(6)26(23)28/h8-10,12-13,17,20-21,24,27-28H,11H2,1-7H3. The van der Waals surface area contributed by atoms with E-state index in [9.17, 15) is 10.2 Å². The first-order valence-electron chi connectivity index (χ1n) is 10.4. The van der Waals surface area contributed by atoms with Gasteiger partial charge in [-0.05, 0) is 69.9 Å². The van der Waals surface area contributed by atoms with Gasteiger partial charge in [0, 0.05) is 17.0 Å². The van der Waals surface area contributed by atoms with Crippen LogP contribution in [0.15, 0.2) is 35.9 Å². The molecule has 2 aromatic rings. The molecule has 2 nitrogen and oxygen atoms in total. The summed E-state index contributed by atoms with van der Waals surface area (Å²) in [5.41, 5.74) is 7.35. The van der Waals surface area contributed by atoms with Crippen molar-refractivity contribution in [2.45, 2.75) is 60.8 Å². The molecule has 0 bridgehead atoms. The van der Waals surface area contributed by atoms with Gasteiger partial charge in [0.05, 0.1) is 0 Å². The summed E-state index contributed by atoms with van der Waals surface area (Å²) < 4.78 is 0. The normalized spacial score (nSPS) is 22.4. The van der Waals surface area contributed by atoms with Gasteiger partial charge in [-0.1, -0.05) is 60.9 Å². The first kappa shape index (κ1) is 20.5. The van der Waals surface area contributed by atoms with Crippen molar-refractivity contribution in [1.82, 2.24) is 0 Å². The highest BCUT2D eigenvalue weighted by molar-refractivity contribution is 5.54. The van der Waals surface area contributed by atoms with Crippen LogP contribution >= 0.6 is 0 Å². The Labute approximate surface area is 169 Å². The monoisotopic (exact) mass is 378 g/mol. The van der Waals surface area contributed by atoms with Gasteiger partial charge in [0.15, 0.2) is 0 Å². The topological polar surface area (TPSA) is 40.5 Å². The van der Waals surface area contributed by atoms with E-state index in [-0.39, 0.29) is 5.92 Å². The molecule has 0 saturated carbocycles. The molecule has 2 N–H and O–H groups in total. The Morgan fingerprint density at radius 2 is 1.25 bits per heavy atom. The van der Waals surface area contributed by atoms with Gasteiger partial charge in [0.25, 0.3) is 0 Å². The summed E-state index contributed by atoms with van der Waals surface area (Å²) in [5.74, 6) is 1.93. The summed E-state index contributed by atoms with van der Waals surface area (Å²) in [6.45, 7) is 14.9. The van der Waals surface area contributed by atoms with Crippen LogP contribution in [0, 0.1) is 45.4 Å². The van der Waals surface area contributed by atoms with Gasteiger partial charge in [-0.15, -0.1) is 0 Å². The molecule has 3 atom stereocenters. The van der Waals surface area contributed by atoms with Crippen LogP contribution in [0.5, 0.6) is 11.5 Å². The molecule has 0 radical (unpaired) electrons. The zero-order valence-corrected chi connectivity index (χ0v) is 18.3. The van der Waals surface area contributed by atoms with Crippen LogP contribution in [0.25, 0.3) is 0 Å². The molecule has 3 rings (SSSR count). The average Bonchev–Trinajstić information content (AvgIpc) is 2.60. The molecule has 1 aliphatic carbocycles. The Hall–Kier alpha value is -2.22. The lowest BCUT2D eigenvalue weighted by Gasteiger charge is -2.39. The minimum absolute atomic E-state index is 0.0432. The predicted octanol–water partition coefficient (Wildman–Crippen LogP) is 6.70. The second-order valence-electron chi connectivity index (χ2n) is 9.12. The number of allylic oxidation sites excluding steroid dienone is 2. The summed E-state index contributed by atoms with van der Waals surface area (Å²) in [5, 5.41) is 22.1. The summed E-state index contributed by atoms with van der Waals surface area (Å²) >= 11 is 0. The fourth-order valence-electron chi connectivity index (χ4n) is 5.13. The Kier molecular flexibility index (Phi) is 5.61. The van der Waals surface area contributed by atoms with Crippen LogP contribution in [-0.4, -0.2) is 10.2 Å². The van der Waals surface area contributed by atoms with Crippen molar-refractivity contribution >= 4 is 0 Å². The van der Waals surface area contributed by atoms with Crippen LogP contribution in [0.1, 0.15) is 66.5 Å². The number of phenols is 2. The van der Waals surface area contributed by atoms with E-state index >= 15 is 0 Å². The smallest absolute Gasteiger partial charge is 0.122 e. The number of aryl methyl sites for hydroxylation is 4. The average molecular weight is 379 g/mol. The highest BCUT2D eigenvalue weighted by Crippen LogP contribution is 2.50. The number of rotatable bonds is 3. The van der Waals surface area contributed by atoms with Gasteiger partial charge in [-0.3, -0.25) is 0 Å². The van der Waals surface area contributed by atoms with Crippen LogP contribution in [0.4, 0.5) is 0 Å². The van der Waals surface area contributed by atoms with Gasteiger partial charge in [0.2, 0.25) is 0 Å². The molecule has 0 saturated heterocycles. The second kappa shape index (κ2) is 7.66. The largest absolute Gasteiger partial charge is 0.507 e. The van der Waals surface area contributed by atoms with Crippen molar-refractivity contribution in [3.8, 4) is 11.5 Å². The third kappa shape index (κ3) is 3.70. The van der Waals surface area contributed by atoms with Crippen molar-refractivity contribution in [2.75, 3.05) is 0 Å². The Morgan fingerprint density at radius 1 is 0.786 bits per heavy atom. The molecular formula is C26H34O2. The zero-order chi connectivity index (χ0) is 20.7. The van der Waals surface area contributed by atoms with Gasteiger partial charge < -0.3 is 10.2 Å². The first-order valence-corrected chi connectivity index (χ1v) is 10.4. The lowest BCUT2D eigenvalue weighted by atomic mass is 9.65. The summed E-state index contributed by atoms with van der Waals surface area (Å²) in [7, 11) is 0. The molecular weight excluding hydrogens is 344 g/mol. The molecule has 2 heteroatoms. The van der Waals surface area contributed by atoms with E-state index in [1.165, 1.54) is 5.57 Å². The highest BCUT2D eigenvalue weighted by Gasteiger charge is 2.37. The fourth-order valence-corrected chi connectivity index (χ4v) is 5.13. The lowest BCUT2D eigenvalue weighted by molar-refractivity contribution is 0.246. The third-order valence-corrected chi connectivity index (χ3v) is 6.66. The third-order valence-electron chi connectivity index (χ3n) is 6.66. The maximum absolute atomic E-state index is 11.0. The number of hydrogen-bond acceptors (Lipinski definition) is 2. The van der Waals surface area contributed by atoms with E-state index in [0.717, 1.165) is 39.8 Å². The van der Waals surface area contributed by atoms with E-state index in [1.807, 2.05) is 26.0 Å².